The Hall–Kier alpha value is -1.84. The van der Waals surface area contributed by atoms with Crippen LogP contribution in [0.15, 0.2) is 47.1 Å². The molecule has 0 aliphatic rings. The van der Waals surface area contributed by atoms with Crippen LogP contribution in [0.25, 0.3) is 0 Å². The lowest BCUT2D eigenvalue weighted by Crippen LogP contribution is -2.56. The number of halogens is 3. The highest BCUT2D eigenvalue weighted by molar-refractivity contribution is 7.80. The summed E-state index contributed by atoms with van der Waals surface area (Å²) in [6, 6.07) is 9.51. The molecule has 1 amide bonds. The molecule has 0 bridgehead atoms. The number of amides is 1. The molecule has 27 heavy (non-hydrogen) atoms. The van der Waals surface area contributed by atoms with E-state index in [9.17, 15) is 9.59 Å². The van der Waals surface area contributed by atoms with Gasteiger partial charge in [0.15, 0.2) is 16.7 Å². The van der Waals surface area contributed by atoms with Crippen LogP contribution in [0, 0.1) is 0 Å². The van der Waals surface area contributed by atoms with Gasteiger partial charge in [-0.15, -0.1) is 0 Å². The molecule has 11 heteroatoms. The van der Waals surface area contributed by atoms with Crippen molar-refractivity contribution in [2.24, 2.45) is 5.73 Å². The van der Waals surface area contributed by atoms with Gasteiger partial charge in [0.05, 0.1) is 12.8 Å². The number of anilines is 1. The maximum Gasteiger partial charge on any atom is 0.288 e. The van der Waals surface area contributed by atoms with Gasteiger partial charge >= 0.3 is 0 Å². The molecule has 1 heterocycles. The molecule has 7 nitrogen and oxygen atoms in total. The molecule has 2 aromatic rings. The normalized spacial score (nSPS) is 12.1. The Morgan fingerprint density at radius 3 is 2.33 bits per heavy atom. The van der Waals surface area contributed by atoms with Crippen molar-refractivity contribution in [2.75, 3.05) is 11.9 Å². The minimum atomic E-state index is -1.90. The Kier molecular flexibility index (Phi) is 7.46. The molecule has 0 radical (unpaired) electrons. The molecule has 0 spiro atoms. The number of furan rings is 1. The van der Waals surface area contributed by atoms with Crippen LogP contribution in [0.1, 0.15) is 20.9 Å². The Morgan fingerprint density at radius 2 is 1.81 bits per heavy atom. The maximum atomic E-state index is 12.1. The minimum Gasteiger partial charge on any atom is -0.459 e. The van der Waals surface area contributed by atoms with Crippen LogP contribution >= 0.6 is 47.0 Å². The summed E-state index contributed by atoms with van der Waals surface area (Å²) < 4.78 is 3.10. The van der Waals surface area contributed by atoms with Crippen LogP contribution in [0.3, 0.4) is 0 Å². The number of nitrogens with one attached hydrogen (secondary N) is 3. The van der Waals surface area contributed by atoms with Gasteiger partial charge in [-0.05, 0) is 48.6 Å². The minimum absolute atomic E-state index is 0.0510. The van der Waals surface area contributed by atoms with Crippen LogP contribution in [0.4, 0.5) is 5.69 Å². The van der Waals surface area contributed by atoms with E-state index in [4.69, 9.17) is 57.2 Å². The molecule has 0 saturated carbocycles. The van der Waals surface area contributed by atoms with Gasteiger partial charge in [-0.2, -0.15) is 0 Å². The summed E-state index contributed by atoms with van der Waals surface area (Å²) in [5.74, 6) is -0.717. The van der Waals surface area contributed by atoms with E-state index in [1.807, 2.05) is 0 Å². The monoisotopic (exact) mass is 448 g/mol. The zero-order valence-corrected chi connectivity index (χ0v) is 16.8. The van der Waals surface area contributed by atoms with Crippen LogP contribution in [-0.4, -0.2) is 33.3 Å². The van der Waals surface area contributed by atoms with Crippen molar-refractivity contribution in [1.29, 1.82) is 0 Å². The van der Waals surface area contributed by atoms with Gasteiger partial charge in [-0.3, -0.25) is 9.59 Å². The predicted octanol–water partition coefficient (Wildman–Crippen LogP) is 2.83. The summed E-state index contributed by atoms with van der Waals surface area (Å²) in [6.45, 7) is -0.0764. The van der Waals surface area contributed by atoms with Crippen molar-refractivity contribution < 1.29 is 14.0 Å². The number of carbonyl (C=O) groups excluding carboxylic acids is 2. The summed E-state index contributed by atoms with van der Waals surface area (Å²) in [6.07, 6.45) is 0.205. The van der Waals surface area contributed by atoms with E-state index >= 15 is 0 Å². The lowest BCUT2D eigenvalue weighted by atomic mass is 10.1. The highest BCUT2D eigenvalue weighted by Gasteiger charge is 2.35. The molecule has 0 fully saturated rings. The largest absolute Gasteiger partial charge is 0.459 e. The van der Waals surface area contributed by atoms with E-state index in [0.29, 0.717) is 11.3 Å². The first-order valence-corrected chi connectivity index (χ1v) is 9.07. The number of thiocarbonyl (C=S) groups is 1. The van der Waals surface area contributed by atoms with Gasteiger partial charge in [0.1, 0.15) is 6.17 Å². The second-order valence-corrected chi connectivity index (χ2v) is 8.01. The first-order chi connectivity index (χ1) is 12.7. The lowest BCUT2D eigenvalue weighted by molar-refractivity contribution is 0.0906. The number of ketones is 1. The maximum absolute atomic E-state index is 12.1. The van der Waals surface area contributed by atoms with Crippen molar-refractivity contribution >= 4 is 69.5 Å². The van der Waals surface area contributed by atoms with Gasteiger partial charge in [0.25, 0.3) is 5.91 Å². The molecule has 0 aliphatic heterocycles. The number of carbonyl (C=O) groups is 2. The van der Waals surface area contributed by atoms with E-state index in [2.05, 4.69) is 16.0 Å². The zero-order chi connectivity index (χ0) is 20.0. The second kappa shape index (κ2) is 9.38. The summed E-state index contributed by atoms with van der Waals surface area (Å²) >= 11 is 22.9. The summed E-state index contributed by atoms with van der Waals surface area (Å²) in [7, 11) is 0. The fourth-order valence-corrected chi connectivity index (χ4v) is 2.53. The molecular formula is C16H15Cl3N4O3S. The van der Waals surface area contributed by atoms with Crippen molar-refractivity contribution in [3.8, 4) is 0 Å². The lowest BCUT2D eigenvalue weighted by Gasteiger charge is -2.27. The van der Waals surface area contributed by atoms with Crippen molar-refractivity contribution in [3.63, 3.8) is 0 Å². The third kappa shape index (κ3) is 6.37. The van der Waals surface area contributed by atoms with Gasteiger partial charge < -0.3 is 26.1 Å². The molecule has 1 aromatic heterocycles. The van der Waals surface area contributed by atoms with Crippen LogP contribution in [0.2, 0.25) is 0 Å². The fourth-order valence-electron chi connectivity index (χ4n) is 1.97. The Morgan fingerprint density at radius 1 is 1.15 bits per heavy atom. The Balaban J connectivity index is 2.01. The van der Waals surface area contributed by atoms with Crippen molar-refractivity contribution in [2.45, 2.75) is 9.96 Å². The summed E-state index contributed by atoms with van der Waals surface area (Å²) in [5, 5.41) is 8.14. The zero-order valence-electron chi connectivity index (χ0n) is 13.7. The summed E-state index contributed by atoms with van der Waals surface area (Å²) in [5.41, 5.74) is 6.38. The molecule has 144 valence electrons. The van der Waals surface area contributed by atoms with Gasteiger partial charge in [-0.25, -0.2) is 0 Å². The average molecular weight is 450 g/mol. The van der Waals surface area contributed by atoms with Crippen LogP contribution in [-0.2, 0) is 0 Å². The molecule has 0 aliphatic carbocycles. The second-order valence-electron chi connectivity index (χ2n) is 5.23. The molecule has 0 saturated heterocycles. The first-order valence-electron chi connectivity index (χ1n) is 7.52. The molecular weight excluding hydrogens is 435 g/mol. The third-order valence-corrected chi connectivity index (χ3v) is 4.15. The highest BCUT2D eigenvalue weighted by Crippen LogP contribution is 2.29. The number of hydrogen-bond acceptors (Lipinski definition) is 5. The fraction of sp³-hybridized carbons (Fsp3) is 0.188. The smallest absolute Gasteiger partial charge is 0.288 e. The van der Waals surface area contributed by atoms with Crippen LogP contribution < -0.4 is 21.7 Å². The Bertz CT molecular complexity index is 807. The van der Waals surface area contributed by atoms with E-state index in [0.717, 1.165) is 0 Å². The van der Waals surface area contributed by atoms with E-state index in [-0.39, 0.29) is 23.2 Å². The predicted molar refractivity (Wildman–Crippen MR) is 109 cm³/mol. The Labute approximate surface area is 175 Å². The van der Waals surface area contributed by atoms with E-state index in [1.165, 1.54) is 12.3 Å². The van der Waals surface area contributed by atoms with Crippen molar-refractivity contribution in [1.82, 2.24) is 10.6 Å². The van der Waals surface area contributed by atoms with E-state index < -0.39 is 15.9 Å². The standard InChI is InChI=1S/C16H15Cl3N4O3S/c17-16(18,19)14(22-13(25)12-2-1-7-26-12)23-15(27)21-10-5-3-9(4-6-10)11(24)8-20/h1-7,14H,8,20H2,(H,22,25)(H2,21,23,27). The van der Waals surface area contributed by atoms with Gasteiger partial charge in [0.2, 0.25) is 3.79 Å². The number of nitrogens with two attached hydrogens (primary N) is 1. The van der Waals surface area contributed by atoms with Crippen LogP contribution in [0.5, 0.6) is 0 Å². The number of rotatable bonds is 6. The topological polar surface area (TPSA) is 109 Å². The number of alkyl halides is 3. The summed E-state index contributed by atoms with van der Waals surface area (Å²) in [4.78, 5) is 23.6. The first kappa shape index (κ1) is 21.5. The molecule has 1 unspecified atom stereocenters. The van der Waals surface area contributed by atoms with Gasteiger partial charge in [-0.1, -0.05) is 34.8 Å². The number of hydrogen-bond donors (Lipinski definition) is 4. The van der Waals surface area contributed by atoms with Crippen molar-refractivity contribution in [3.05, 3.63) is 54.0 Å². The number of benzene rings is 1. The molecule has 2 rings (SSSR count). The third-order valence-electron chi connectivity index (χ3n) is 3.27. The SMILES string of the molecule is NCC(=O)c1ccc(NC(=S)NC(NC(=O)c2ccco2)C(Cl)(Cl)Cl)cc1. The molecule has 5 N–H and O–H groups in total. The van der Waals surface area contributed by atoms with E-state index in [1.54, 1.807) is 30.3 Å². The highest BCUT2D eigenvalue weighted by atomic mass is 35.6. The van der Waals surface area contributed by atoms with Gasteiger partial charge in [0, 0.05) is 11.3 Å². The number of Topliss-reactive ketones (excluding diaryl/α,β-unsaturated/α-hetero) is 1. The quantitative estimate of drug-likeness (QED) is 0.232. The average Bonchev–Trinajstić information content (AvgIpc) is 3.15. The molecule has 1 atom stereocenters. The molecule has 1 aromatic carbocycles.